The van der Waals surface area contributed by atoms with Crippen molar-refractivity contribution in [1.82, 2.24) is 19.9 Å². The number of thiophene rings is 1. The molecule has 0 atom stereocenters. The fourth-order valence-corrected chi connectivity index (χ4v) is 3.41. The van der Waals surface area contributed by atoms with Gasteiger partial charge in [-0.15, -0.1) is 16.4 Å². The third-order valence-electron chi connectivity index (χ3n) is 3.85. The first-order chi connectivity index (χ1) is 12.4. The molecule has 8 heteroatoms. The Bertz CT molecular complexity index is 929. The zero-order valence-electron chi connectivity index (χ0n) is 14.4. The van der Waals surface area contributed by atoms with Gasteiger partial charge in [0, 0.05) is 32.5 Å². The highest BCUT2D eigenvalue weighted by Gasteiger charge is 2.11. The minimum atomic E-state index is 0.0583. The van der Waals surface area contributed by atoms with Crippen molar-refractivity contribution >= 4 is 34.6 Å². The number of halogens is 1. The summed E-state index contributed by atoms with van der Waals surface area (Å²) in [6, 6.07) is 11.0. The Morgan fingerprint density at radius 2 is 1.96 bits per heavy atom. The van der Waals surface area contributed by atoms with Crippen molar-refractivity contribution in [1.29, 1.82) is 5.41 Å². The highest BCUT2D eigenvalue weighted by molar-refractivity contribution is 7.18. The maximum absolute atomic E-state index is 12.1. The molecule has 0 saturated carbocycles. The summed E-state index contributed by atoms with van der Waals surface area (Å²) in [4.78, 5) is 14.6. The van der Waals surface area contributed by atoms with Gasteiger partial charge in [-0.3, -0.25) is 10.2 Å². The van der Waals surface area contributed by atoms with Crippen molar-refractivity contribution in [3.05, 3.63) is 63.1 Å². The van der Waals surface area contributed by atoms with Gasteiger partial charge in [-0.2, -0.15) is 0 Å². The van der Waals surface area contributed by atoms with Crippen LogP contribution in [0.3, 0.4) is 0 Å². The van der Waals surface area contributed by atoms with Crippen LogP contribution in [0, 0.1) is 5.41 Å². The van der Waals surface area contributed by atoms with Crippen molar-refractivity contribution in [3.8, 4) is 5.69 Å². The lowest BCUT2D eigenvalue weighted by atomic mass is 10.1. The average molecular weight is 388 g/mol. The molecule has 0 radical (unpaired) electrons. The van der Waals surface area contributed by atoms with Crippen LogP contribution in [-0.2, 0) is 6.42 Å². The number of rotatable bonds is 6. The molecule has 3 aromatic rings. The molecule has 2 aromatic heterocycles. The van der Waals surface area contributed by atoms with Crippen LogP contribution in [-0.4, -0.2) is 45.6 Å². The standard InChI is InChI=1S/C18H18ClN5OS/c1-23(2)18(20)12-3-6-14(7-4-12)24-11-13(21-22-24)5-8-15(25)16-9-10-17(19)26-16/h3-4,6-7,9-11,20H,5,8H2,1-2H3. The number of nitrogens with one attached hydrogen (secondary N) is 1. The molecule has 2 heterocycles. The monoisotopic (exact) mass is 387 g/mol. The van der Waals surface area contributed by atoms with Crippen molar-refractivity contribution < 1.29 is 4.79 Å². The first-order valence-electron chi connectivity index (χ1n) is 8.00. The number of aryl methyl sites for hydroxylation is 1. The molecule has 3 rings (SSSR count). The van der Waals surface area contributed by atoms with Crippen LogP contribution < -0.4 is 0 Å². The number of benzene rings is 1. The van der Waals surface area contributed by atoms with Crippen LogP contribution in [0.15, 0.2) is 42.6 Å². The molecule has 6 nitrogen and oxygen atoms in total. The number of carbonyl (C=O) groups is 1. The average Bonchev–Trinajstić information content (AvgIpc) is 3.28. The minimum Gasteiger partial charge on any atom is -0.363 e. The molecule has 0 saturated heterocycles. The zero-order chi connectivity index (χ0) is 18.7. The molecule has 26 heavy (non-hydrogen) atoms. The SMILES string of the molecule is CN(C)C(=N)c1ccc(-n2cc(CCC(=O)c3ccc(Cl)s3)nn2)cc1. The quantitative estimate of drug-likeness (QED) is 0.397. The number of ketones is 1. The van der Waals surface area contributed by atoms with E-state index >= 15 is 0 Å². The number of carbonyl (C=O) groups excluding carboxylic acids is 1. The summed E-state index contributed by atoms with van der Waals surface area (Å²) in [6.07, 6.45) is 2.72. The topological polar surface area (TPSA) is 74.9 Å². The van der Waals surface area contributed by atoms with Gasteiger partial charge < -0.3 is 4.90 Å². The van der Waals surface area contributed by atoms with E-state index in [0.29, 0.717) is 27.9 Å². The molecular formula is C18H18ClN5OS. The third-order valence-corrected chi connectivity index (χ3v) is 5.12. The minimum absolute atomic E-state index is 0.0583. The van der Waals surface area contributed by atoms with Crippen LogP contribution in [0.4, 0.5) is 0 Å². The van der Waals surface area contributed by atoms with Gasteiger partial charge in [-0.05, 0) is 36.4 Å². The molecule has 0 aliphatic rings. The smallest absolute Gasteiger partial charge is 0.173 e. The lowest BCUT2D eigenvalue weighted by Crippen LogP contribution is -2.21. The highest BCUT2D eigenvalue weighted by Crippen LogP contribution is 2.23. The largest absolute Gasteiger partial charge is 0.363 e. The second-order valence-corrected chi connectivity index (χ2v) is 7.69. The summed E-state index contributed by atoms with van der Waals surface area (Å²) >= 11 is 7.16. The summed E-state index contributed by atoms with van der Waals surface area (Å²) in [7, 11) is 3.68. The fraction of sp³-hybridized carbons (Fsp3) is 0.222. The summed E-state index contributed by atoms with van der Waals surface area (Å²) in [5, 5.41) is 16.2. The predicted octanol–water partition coefficient (Wildman–Crippen LogP) is 3.68. The van der Waals surface area contributed by atoms with E-state index in [1.54, 1.807) is 21.7 Å². The molecular weight excluding hydrogens is 370 g/mol. The van der Waals surface area contributed by atoms with Gasteiger partial charge in [0.2, 0.25) is 0 Å². The van der Waals surface area contributed by atoms with E-state index in [1.807, 2.05) is 44.6 Å². The van der Waals surface area contributed by atoms with E-state index in [2.05, 4.69) is 10.3 Å². The zero-order valence-corrected chi connectivity index (χ0v) is 16.0. The third kappa shape index (κ3) is 4.17. The Labute approximate surface area is 160 Å². The van der Waals surface area contributed by atoms with Crippen LogP contribution in [0.25, 0.3) is 5.69 Å². The molecule has 1 N–H and O–H groups in total. The van der Waals surface area contributed by atoms with E-state index in [-0.39, 0.29) is 5.78 Å². The van der Waals surface area contributed by atoms with Crippen LogP contribution in [0.2, 0.25) is 4.34 Å². The van der Waals surface area contributed by atoms with Crippen LogP contribution in [0.5, 0.6) is 0 Å². The van der Waals surface area contributed by atoms with Crippen molar-refractivity contribution in [2.45, 2.75) is 12.8 Å². The van der Waals surface area contributed by atoms with Gasteiger partial charge in [0.25, 0.3) is 0 Å². The lowest BCUT2D eigenvalue weighted by Gasteiger charge is -2.13. The number of nitrogens with zero attached hydrogens (tertiary/aromatic N) is 4. The van der Waals surface area contributed by atoms with Crippen molar-refractivity contribution in [3.63, 3.8) is 0 Å². The molecule has 0 fully saturated rings. The van der Waals surface area contributed by atoms with Gasteiger partial charge in [-0.25, -0.2) is 4.68 Å². The van der Waals surface area contributed by atoms with Crippen LogP contribution >= 0.6 is 22.9 Å². The van der Waals surface area contributed by atoms with Gasteiger partial charge >= 0.3 is 0 Å². The maximum atomic E-state index is 12.1. The highest BCUT2D eigenvalue weighted by atomic mass is 35.5. The molecule has 0 aliphatic heterocycles. The summed E-state index contributed by atoms with van der Waals surface area (Å²) in [5.41, 5.74) is 2.45. The van der Waals surface area contributed by atoms with Gasteiger partial charge in [0.05, 0.1) is 26.8 Å². The molecule has 0 unspecified atom stereocenters. The lowest BCUT2D eigenvalue weighted by molar-refractivity contribution is 0.0986. The Morgan fingerprint density at radius 1 is 1.23 bits per heavy atom. The fourth-order valence-electron chi connectivity index (χ4n) is 2.40. The Kier molecular flexibility index (Phi) is 5.49. The van der Waals surface area contributed by atoms with E-state index in [1.165, 1.54) is 11.3 Å². The van der Waals surface area contributed by atoms with E-state index in [0.717, 1.165) is 16.9 Å². The molecule has 134 valence electrons. The van der Waals surface area contributed by atoms with Gasteiger partial charge in [0.1, 0.15) is 5.84 Å². The van der Waals surface area contributed by atoms with Crippen LogP contribution in [0.1, 0.15) is 27.3 Å². The second-order valence-electron chi connectivity index (χ2n) is 5.97. The summed E-state index contributed by atoms with van der Waals surface area (Å²) in [6.45, 7) is 0. The number of amidine groups is 1. The predicted molar refractivity (Wildman–Crippen MR) is 104 cm³/mol. The van der Waals surface area contributed by atoms with E-state index in [4.69, 9.17) is 17.0 Å². The normalized spacial score (nSPS) is 10.7. The van der Waals surface area contributed by atoms with Gasteiger partial charge in [-0.1, -0.05) is 16.8 Å². The summed E-state index contributed by atoms with van der Waals surface area (Å²) in [5.74, 6) is 0.506. The van der Waals surface area contributed by atoms with E-state index in [9.17, 15) is 4.79 Å². The molecule has 0 amide bonds. The first kappa shape index (κ1) is 18.3. The first-order valence-corrected chi connectivity index (χ1v) is 9.20. The molecule has 0 aliphatic carbocycles. The Morgan fingerprint density at radius 3 is 2.58 bits per heavy atom. The number of Topliss-reactive ketones (excluding diaryl/α,β-unsaturated/α-hetero) is 1. The number of hydrogen-bond acceptors (Lipinski definition) is 5. The summed E-state index contributed by atoms with van der Waals surface area (Å²) < 4.78 is 2.29. The number of aromatic nitrogens is 3. The molecule has 0 bridgehead atoms. The molecule has 0 spiro atoms. The van der Waals surface area contributed by atoms with Gasteiger partial charge in [0.15, 0.2) is 5.78 Å². The Hall–Kier alpha value is -2.51. The van der Waals surface area contributed by atoms with Crippen molar-refractivity contribution in [2.24, 2.45) is 0 Å². The maximum Gasteiger partial charge on any atom is 0.173 e. The van der Waals surface area contributed by atoms with Crippen molar-refractivity contribution in [2.75, 3.05) is 14.1 Å². The second kappa shape index (κ2) is 7.80. The number of hydrogen-bond donors (Lipinski definition) is 1. The Balaban J connectivity index is 1.64. The molecule has 1 aromatic carbocycles. The van der Waals surface area contributed by atoms with E-state index < -0.39 is 0 Å².